The lowest BCUT2D eigenvalue weighted by molar-refractivity contribution is -0.136. The summed E-state index contributed by atoms with van der Waals surface area (Å²) in [5, 5.41) is 21.4. The van der Waals surface area contributed by atoms with Crippen molar-refractivity contribution in [1.29, 1.82) is 0 Å². The zero-order chi connectivity index (χ0) is 14.8. The van der Waals surface area contributed by atoms with Crippen molar-refractivity contribution < 1.29 is 23.4 Å². The normalized spacial score (nSPS) is 11.3. The van der Waals surface area contributed by atoms with E-state index >= 15 is 0 Å². The molecule has 0 fully saturated rings. The van der Waals surface area contributed by atoms with Crippen LogP contribution in [-0.4, -0.2) is 10.2 Å². The Morgan fingerprint density at radius 1 is 1.00 bits per heavy atom. The van der Waals surface area contributed by atoms with Gasteiger partial charge in [0.15, 0.2) is 0 Å². The Balaban J connectivity index is 2.19. The second-order valence-corrected chi connectivity index (χ2v) is 4.21. The number of hydrogen-bond donors (Lipinski definition) is 3. The van der Waals surface area contributed by atoms with E-state index in [1.165, 1.54) is 30.3 Å². The topological polar surface area (TPSA) is 52.5 Å². The second kappa shape index (κ2) is 5.32. The maximum Gasteiger partial charge on any atom is 0.418 e. The highest BCUT2D eigenvalue weighted by Crippen LogP contribution is 2.35. The number of rotatable bonds is 3. The molecule has 0 bridgehead atoms. The molecule has 0 amide bonds. The lowest BCUT2D eigenvalue weighted by atomic mass is 10.1. The van der Waals surface area contributed by atoms with Gasteiger partial charge in [0.2, 0.25) is 0 Å². The van der Waals surface area contributed by atoms with Crippen molar-refractivity contribution in [1.82, 2.24) is 0 Å². The Labute approximate surface area is 113 Å². The van der Waals surface area contributed by atoms with Gasteiger partial charge >= 0.3 is 6.18 Å². The molecule has 2 rings (SSSR count). The predicted octanol–water partition coefficient (Wildman–Crippen LogP) is 3.73. The van der Waals surface area contributed by atoms with Crippen LogP contribution in [-0.2, 0) is 12.7 Å². The molecule has 2 aromatic rings. The van der Waals surface area contributed by atoms with Crippen molar-refractivity contribution in [2.24, 2.45) is 0 Å². The van der Waals surface area contributed by atoms with E-state index in [0.717, 1.165) is 12.1 Å². The van der Waals surface area contributed by atoms with Gasteiger partial charge in [-0.1, -0.05) is 12.1 Å². The molecule has 3 N–H and O–H groups in total. The molecule has 0 saturated heterocycles. The molecule has 0 spiro atoms. The summed E-state index contributed by atoms with van der Waals surface area (Å²) in [5.41, 5.74) is -0.439. The number of nitrogens with one attached hydrogen (secondary N) is 1. The molecule has 0 radical (unpaired) electrons. The minimum absolute atomic E-state index is 0.0131. The van der Waals surface area contributed by atoms with Crippen LogP contribution in [0.3, 0.4) is 0 Å². The van der Waals surface area contributed by atoms with Crippen LogP contribution in [0, 0.1) is 0 Å². The highest BCUT2D eigenvalue weighted by molar-refractivity contribution is 5.53. The van der Waals surface area contributed by atoms with Crippen molar-refractivity contribution >= 4 is 5.69 Å². The molecule has 0 heterocycles. The first-order valence-corrected chi connectivity index (χ1v) is 5.79. The number of alkyl halides is 3. The Morgan fingerprint density at radius 2 is 1.70 bits per heavy atom. The van der Waals surface area contributed by atoms with E-state index in [4.69, 9.17) is 5.11 Å². The minimum Gasteiger partial charge on any atom is -0.508 e. The standard InChI is InChI=1S/C14H12F3NO2/c15-14(16,17)11-3-1-2-4-12(11)18-8-9-5-6-10(19)7-13(9)20/h1-7,18-20H,8H2. The van der Waals surface area contributed by atoms with Crippen LogP contribution in [0.5, 0.6) is 11.5 Å². The van der Waals surface area contributed by atoms with Crippen LogP contribution in [0.2, 0.25) is 0 Å². The largest absolute Gasteiger partial charge is 0.508 e. The molecule has 3 nitrogen and oxygen atoms in total. The van der Waals surface area contributed by atoms with E-state index in [1.807, 2.05) is 0 Å². The Kier molecular flexibility index (Phi) is 3.74. The third-order valence-corrected chi connectivity index (χ3v) is 2.77. The Bertz CT molecular complexity index is 612. The number of anilines is 1. The summed E-state index contributed by atoms with van der Waals surface area (Å²) < 4.78 is 38.4. The van der Waals surface area contributed by atoms with Crippen molar-refractivity contribution in [3.05, 3.63) is 53.6 Å². The van der Waals surface area contributed by atoms with E-state index in [-0.39, 0.29) is 23.7 Å². The summed E-state index contributed by atoms with van der Waals surface area (Å²) >= 11 is 0. The summed E-state index contributed by atoms with van der Waals surface area (Å²) in [7, 11) is 0. The summed E-state index contributed by atoms with van der Waals surface area (Å²) in [5.74, 6) is -0.288. The van der Waals surface area contributed by atoms with Crippen LogP contribution < -0.4 is 5.32 Å². The van der Waals surface area contributed by atoms with Gasteiger partial charge in [0.1, 0.15) is 11.5 Å². The molecule has 0 unspecified atom stereocenters. The number of aromatic hydroxyl groups is 2. The first kappa shape index (κ1) is 14.0. The van der Waals surface area contributed by atoms with E-state index < -0.39 is 11.7 Å². The monoisotopic (exact) mass is 283 g/mol. The lowest BCUT2D eigenvalue weighted by Crippen LogP contribution is -2.10. The smallest absolute Gasteiger partial charge is 0.418 e. The van der Waals surface area contributed by atoms with E-state index in [9.17, 15) is 18.3 Å². The SMILES string of the molecule is Oc1ccc(CNc2ccccc2C(F)(F)F)c(O)c1. The molecule has 0 aliphatic carbocycles. The number of halogens is 3. The average molecular weight is 283 g/mol. The average Bonchev–Trinajstić information content (AvgIpc) is 2.37. The van der Waals surface area contributed by atoms with Crippen molar-refractivity contribution in [2.45, 2.75) is 12.7 Å². The highest BCUT2D eigenvalue weighted by atomic mass is 19.4. The third-order valence-electron chi connectivity index (χ3n) is 2.77. The van der Waals surface area contributed by atoms with E-state index in [2.05, 4.69) is 5.32 Å². The summed E-state index contributed by atoms with van der Waals surface area (Å²) in [6.45, 7) is 0.0131. The number of hydrogen-bond acceptors (Lipinski definition) is 3. The fraction of sp³-hybridized carbons (Fsp3) is 0.143. The molecule has 106 valence electrons. The van der Waals surface area contributed by atoms with Gasteiger partial charge < -0.3 is 15.5 Å². The predicted molar refractivity (Wildman–Crippen MR) is 68.5 cm³/mol. The first-order valence-electron chi connectivity index (χ1n) is 5.79. The Morgan fingerprint density at radius 3 is 2.35 bits per heavy atom. The second-order valence-electron chi connectivity index (χ2n) is 4.21. The molecule has 20 heavy (non-hydrogen) atoms. The molecular formula is C14H12F3NO2. The number of para-hydroxylation sites is 1. The molecule has 2 aromatic carbocycles. The molecule has 0 aromatic heterocycles. The van der Waals surface area contributed by atoms with E-state index in [0.29, 0.717) is 5.56 Å². The fourth-order valence-electron chi connectivity index (χ4n) is 1.78. The molecular weight excluding hydrogens is 271 g/mol. The van der Waals surface area contributed by atoms with Crippen molar-refractivity contribution in [3.63, 3.8) is 0 Å². The highest BCUT2D eigenvalue weighted by Gasteiger charge is 2.33. The van der Waals surface area contributed by atoms with Crippen LogP contribution in [0.1, 0.15) is 11.1 Å². The van der Waals surface area contributed by atoms with Gasteiger partial charge in [-0.05, 0) is 24.3 Å². The van der Waals surface area contributed by atoms with E-state index in [1.54, 1.807) is 0 Å². The van der Waals surface area contributed by atoms with Gasteiger partial charge in [-0.2, -0.15) is 13.2 Å². The van der Waals surface area contributed by atoms with Gasteiger partial charge in [-0.15, -0.1) is 0 Å². The van der Waals surface area contributed by atoms with Gasteiger partial charge in [0, 0.05) is 23.9 Å². The van der Waals surface area contributed by atoms with Crippen LogP contribution >= 0.6 is 0 Å². The maximum absolute atomic E-state index is 12.8. The number of phenols is 2. The summed E-state index contributed by atoms with van der Waals surface area (Å²) in [4.78, 5) is 0. The van der Waals surface area contributed by atoms with Crippen LogP contribution in [0.4, 0.5) is 18.9 Å². The molecule has 0 aliphatic rings. The van der Waals surface area contributed by atoms with Crippen molar-refractivity contribution in [2.75, 3.05) is 5.32 Å². The number of phenolic OH excluding ortho intramolecular Hbond substituents is 2. The van der Waals surface area contributed by atoms with Crippen molar-refractivity contribution in [3.8, 4) is 11.5 Å². The molecule has 0 saturated carbocycles. The van der Waals surface area contributed by atoms with Gasteiger partial charge in [0.05, 0.1) is 5.56 Å². The zero-order valence-corrected chi connectivity index (χ0v) is 10.3. The zero-order valence-electron chi connectivity index (χ0n) is 10.3. The maximum atomic E-state index is 12.8. The first-order chi connectivity index (χ1) is 9.38. The lowest BCUT2D eigenvalue weighted by Gasteiger charge is -2.14. The summed E-state index contributed by atoms with van der Waals surface area (Å²) in [6.07, 6.45) is -4.44. The third kappa shape index (κ3) is 3.14. The summed E-state index contributed by atoms with van der Waals surface area (Å²) in [6, 6.07) is 9.03. The quantitative estimate of drug-likeness (QED) is 0.804. The number of benzene rings is 2. The molecule has 6 heteroatoms. The minimum atomic E-state index is -4.44. The molecule has 0 aliphatic heterocycles. The van der Waals surface area contributed by atoms with Gasteiger partial charge in [-0.3, -0.25) is 0 Å². The Hall–Kier alpha value is -2.37. The van der Waals surface area contributed by atoms with Gasteiger partial charge in [-0.25, -0.2) is 0 Å². The van der Waals surface area contributed by atoms with Crippen LogP contribution in [0.15, 0.2) is 42.5 Å². The van der Waals surface area contributed by atoms with Gasteiger partial charge in [0.25, 0.3) is 0 Å². The fourth-order valence-corrected chi connectivity index (χ4v) is 1.78. The molecule has 0 atom stereocenters. The van der Waals surface area contributed by atoms with Crippen LogP contribution in [0.25, 0.3) is 0 Å².